The van der Waals surface area contributed by atoms with Crippen molar-refractivity contribution in [3.05, 3.63) is 40.8 Å². The molecule has 1 rings (SSSR count). The monoisotopic (exact) mass is 162 g/mol. The standard InChI is InChI=1S/C7H8.C2H2N2O/c1-7-5-3-2-4-6-7;3-1-2-4-5/h2-6H,1H3;2H2. The second-order valence-corrected chi connectivity index (χ2v) is 2.10. The average molecular weight is 162 g/mol. The number of nitroso groups, excluding NO2 is 1. The Hall–Kier alpha value is -1.69. The molecule has 0 fully saturated rings. The van der Waals surface area contributed by atoms with E-state index in [2.05, 4.69) is 24.2 Å². The van der Waals surface area contributed by atoms with E-state index in [1.165, 1.54) is 11.6 Å². The minimum Gasteiger partial charge on any atom is -0.196 e. The molecule has 0 atom stereocenters. The maximum absolute atomic E-state index is 8.93. The van der Waals surface area contributed by atoms with Crippen molar-refractivity contribution in [2.24, 2.45) is 5.18 Å². The first-order chi connectivity index (χ1) is 5.81. The third-order valence-corrected chi connectivity index (χ3v) is 1.08. The Bertz CT molecular complexity index is 251. The lowest BCUT2D eigenvalue weighted by Gasteiger charge is -1.82. The Morgan fingerprint density at radius 3 is 2.17 bits per heavy atom. The summed E-state index contributed by atoms with van der Waals surface area (Å²) < 4.78 is 0. The van der Waals surface area contributed by atoms with E-state index in [1.54, 1.807) is 0 Å². The molecule has 0 saturated heterocycles. The van der Waals surface area contributed by atoms with E-state index >= 15 is 0 Å². The molecule has 0 aliphatic carbocycles. The maximum atomic E-state index is 8.93. The first kappa shape index (κ1) is 10.3. The number of nitrogens with zero attached hydrogens (tertiary/aromatic N) is 2. The average Bonchev–Trinajstić information content (AvgIpc) is 2.08. The van der Waals surface area contributed by atoms with Gasteiger partial charge < -0.3 is 0 Å². The first-order valence-electron chi connectivity index (χ1n) is 3.49. The van der Waals surface area contributed by atoms with Crippen molar-refractivity contribution in [3.63, 3.8) is 0 Å². The third kappa shape index (κ3) is 6.43. The normalized spacial score (nSPS) is 7.33. The summed E-state index contributed by atoms with van der Waals surface area (Å²) in [6.07, 6.45) is 0. The number of hydrogen-bond donors (Lipinski definition) is 0. The Balaban J connectivity index is 0.000000217. The molecule has 0 aliphatic rings. The van der Waals surface area contributed by atoms with Crippen LogP contribution in [0.5, 0.6) is 0 Å². The van der Waals surface area contributed by atoms with Crippen molar-refractivity contribution < 1.29 is 0 Å². The molecule has 0 unspecified atom stereocenters. The number of nitriles is 1. The zero-order valence-corrected chi connectivity index (χ0v) is 6.90. The van der Waals surface area contributed by atoms with E-state index in [-0.39, 0.29) is 6.54 Å². The second-order valence-electron chi connectivity index (χ2n) is 2.10. The fraction of sp³-hybridized carbons (Fsp3) is 0.222. The molecular weight excluding hydrogens is 152 g/mol. The number of benzene rings is 1. The highest BCUT2D eigenvalue weighted by molar-refractivity contribution is 5.11. The van der Waals surface area contributed by atoms with Crippen molar-refractivity contribution in [2.75, 3.05) is 6.54 Å². The largest absolute Gasteiger partial charge is 0.196 e. The molecule has 1 aromatic carbocycles. The van der Waals surface area contributed by atoms with Crippen molar-refractivity contribution in [1.29, 1.82) is 5.26 Å². The van der Waals surface area contributed by atoms with Gasteiger partial charge in [0, 0.05) is 0 Å². The van der Waals surface area contributed by atoms with Crippen LogP contribution in [0.25, 0.3) is 0 Å². The summed E-state index contributed by atoms with van der Waals surface area (Å²) in [6.45, 7) is 1.85. The third-order valence-electron chi connectivity index (χ3n) is 1.08. The van der Waals surface area contributed by atoms with Gasteiger partial charge in [-0.3, -0.25) is 0 Å². The van der Waals surface area contributed by atoms with Gasteiger partial charge in [-0.1, -0.05) is 41.1 Å². The molecular formula is C9H10N2O. The zero-order chi connectivity index (χ0) is 9.23. The van der Waals surface area contributed by atoms with Crippen LogP contribution < -0.4 is 0 Å². The lowest BCUT2D eigenvalue weighted by Crippen LogP contribution is -1.62. The summed E-state index contributed by atoms with van der Waals surface area (Å²) in [7, 11) is 0. The Labute approximate surface area is 71.6 Å². The molecule has 0 saturated carbocycles. The second kappa shape index (κ2) is 7.42. The molecule has 0 aromatic heterocycles. The van der Waals surface area contributed by atoms with Crippen LogP contribution in [0.15, 0.2) is 35.5 Å². The van der Waals surface area contributed by atoms with Crippen LogP contribution >= 0.6 is 0 Å². The van der Waals surface area contributed by atoms with E-state index in [0.29, 0.717) is 0 Å². The topological polar surface area (TPSA) is 53.2 Å². The highest BCUT2D eigenvalue weighted by Crippen LogP contribution is 1.92. The molecule has 3 heteroatoms. The summed E-state index contributed by atoms with van der Waals surface area (Å²) in [4.78, 5) is 8.93. The molecule has 0 aliphatic heterocycles. The predicted octanol–water partition coefficient (Wildman–Crippen LogP) is 2.27. The molecule has 1 aromatic rings. The molecule has 62 valence electrons. The Morgan fingerprint density at radius 2 is 2.00 bits per heavy atom. The molecule has 0 radical (unpaired) electrons. The van der Waals surface area contributed by atoms with Crippen molar-refractivity contribution in [3.8, 4) is 6.07 Å². The SMILES string of the molecule is Cc1ccccc1.N#CCN=O. The van der Waals surface area contributed by atoms with Crippen LogP contribution in [0.4, 0.5) is 0 Å². The van der Waals surface area contributed by atoms with Crippen LogP contribution in [-0.2, 0) is 0 Å². The van der Waals surface area contributed by atoms with Gasteiger partial charge in [-0.05, 0) is 6.92 Å². The molecule has 12 heavy (non-hydrogen) atoms. The van der Waals surface area contributed by atoms with Crippen LogP contribution in [0, 0.1) is 23.2 Å². The van der Waals surface area contributed by atoms with E-state index < -0.39 is 0 Å². The molecule has 3 nitrogen and oxygen atoms in total. The van der Waals surface area contributed by atoms with Crippen LogP contribution in [0.2, 0.25) is 0 Å². The zero-order valence-electron chi connectivity index (χ0n) is 6.90. The van der Waals surface area contributed by atoms with Gasteiger partial charge in [-0.25, -0.2) is 0 Å². The lowest BCUT2D eigenvalue weighted by atomic mass is 10.2. The number of aryl methyl sites for hydroxylation is 1. The van der Waals surface area contributed by atoms with Gasteiger partial charge in [-0.2, -0.15) is 5.26 Å². The van der Waals surface area contributed by atoms with E-state index in [0.717, 1.165) is 0 Å². The van der Waals surface area contributed by atoms with Gasteiger partial charge in [0.2, 0.25) is 0 Å². The fourth-order valence-electron chi connectivity index (χ4n) is 0.563. The highest BCUT2D eigenvalue weighted by Gasteiger charge is 1.72. The minimum absolute atomic E-state index is 0.236. The predicted molar refractivity (Wildman–Crippen MR) is 47.5 cm³/mol. The molecule has 0 N–H and O–H groups in total. The van der Waals surface area contributed by atoms with Crippen LogP contribution in [0.3, 0.4) is 0 Å². The van der Waals surface area contributed by atoms with Gasteiger partial charge in [-0.15, -0.1) is 4.91 Å². The maximum Gasteiger partial charge on any atom is 0.167 e. The Kier molecular flexibility index (Phi) is 6.37. The van der Waals surface area contributed by atoms with Crippen molar-refractivity contribution in [1.82, 2.24) is 0 Å². The minimum atomic E-state index is -0.236. The summed E-state index contributed by atoms with van der Waals surface area (Å²) in [5, 5.41) is 9.77. The molecule has 0 spiro atoms. The van der Waals surface area contributed by atoms with Gasteiger partial charge in [0.05, 0.1) is 6.07 Å². The van der Waals surface area contributed by atoms with Crippen LogP contribution in [-0.4, -0.2) is 6.54 Å². The van der Waals surface area contributed by atoms with Gasteiger partial charge in [0.15, 0.2) is 6.54 Å². The van der Waals surface area contributed by atoms with Crippen LogP contribution in [0.1, 0.15) is 5.56 Å². The molecule has 0 bridgehead atoms. The van der Waals surface area contributed by atoms with E-state index in [4.69, 9.17) is 10.2 Å². The molecule has 0 amide bonds. The summed E-state index contributed by atoms with van der Waals surface area (Å²) in [6, 6.07) is 11.8. The molecule has 0 heterocycles. The van der Waals surface area contributed by atoms with Crippen molar-refractivity contribution >= 4 is 0 Å². The first-order valence-corrected chi connectivity index (χ1v) is 3.49. The van der Waals surface area contributed by atoms with Gasteiger partial charge in [0.1, 0.15) is 0 Å². The Morgan fingerprint density at radius 1 is 1.42 bits per heavy atom. The summed E-state index contributed by atoms with van der Waals surface area (Å²) in [5.41, 5.74) is 1.32. The fourth-order valence-corrected chi connectivity index (χ4v) is 0.563. The summed E-state index contributed by atoms with van der Waals surface area (Å²) >= 11 is 0. The number of hydrogen-bond acceptors (Lipinski definition) is 3. The van der Waals surface area contributed by atoms with E-state index in [1.807, 2.05) is 18.2 Å². The summed E-state index contributed by atoms with van der Waals surface area (Å²) in [5.74, 6) is 0. The lowest BCUT2D eigenvalue weighted by molar-refractivity contribution is 1.22. The van der Waals surface area contributed by atoms with Gasteiger partial charge in [0.25, 0.3) is 0 Å². The van der Waals surface area contributed by atoms with Gasteiger partial charge >= 0.3 is 0 Å². The number of rotatable bonds is 1. The van der Waals surface area contributed by atoms with E-state index in [9.17, 15) is 0 Å². The smallest absolute Gasteiger partial charge is 0.167 e. The van der Waals surface area contributed by atoms with Crippen molar-refractivity contribution in [2.45, 2.75) is 6.92 Å². The highest BCUT2D eigenvalue weighted by atomic mass is 16.3. The quantitative estimate of drug-likeness (QED) is 0.469.